The second-order valence-electron chi connectivity index (χ2n) is 2.64. The number of Topliss-reactive ketones (excluding diaryl/α,β-unsaturated/α-hetero) is 1. The smallest absolute Gasteiger partial charge is 0.324 e. The second-order valence-corrected chi connectivity index (χ2v) is 4.34. The van der Waals surface area contributed by atoms with Crippen LogP contribution in [0.15, 0.2) is 0 Å². The van der Waals surface area contributed by atoms with Crippen molar-refractivity contribution >= 4 is 13.4 Å². The van der Waals surface area contributed by atoms with E-state index in [1.165, 1.54) is 6.92 Å². The van der Waals surface area contributed by atoms with Crippen LogP contribution in [0.5, 0.6) is 0 Å². The Hall–Kier alpha value is -0.260. The summed E-state index contributed by atoms with van der Waals surface area (Å²) in [6.07, 6.45) is -0.645. The predicted octanol–water partition coefficient (Wildman–Crippen LogP) is -1.59. The first-order chi connectivity index (χ1) is 5.24. The highest BCUT2D eigenvalue weighted by atomic mass is 31.2. The molecule has 2 unspecified atom stereocenters. The number of ketones is 1. The van der Waals surface area contributed by atoms with Crippen molar-refractivity contribution in [1.29, 1.82) is 0 Å². The lowest BCUT2D eigenvalue weighted by Crippen LogP contribution is -2.43. The Morgan fingerprint density at radius 3 is 2.17 bits per heavy atom. The first-order valence-electron chi connectivity index (χ1n) is 3.33. The average Bonchev–Trinajstić information content (AvgIpc) is 1.82. The molecule has 0 aromatic heterocycles. The van der Waals surface area contributed by atoms with Gasteiger partial charge in [0.2, 0.25) is 0 Å². The van der Waals surface area contributed by atoms with Crippen LogP contribution < -0.4 is 11.5 Å². The van der Waals surface area contributed by atoms with Crippen molar-refractivity contribution in [2.24, 2.45) is 11.5 Å². The van der Waals surface area contributed by atoms with E-state index in [0.29, 0.717) is 0 Å². The molecule has 0 rings (SSSR count). The van der Waals surface area contributed by atoms with E-state index >= 15 is 0 Å². The molecule has 6 N–H and O–H groups in total. The molecule has 0 saturated carbocycles. The largest absolute Gasteiger partial charge is 0.327 e. The third kappa shape index (κ3) is 4.58. The van der Waals surface area contributed by atoms with Gasteiger partial charge < -0.3 is 21.3 Å². The SMILES string of the molecule is CC(N)C(=O)C(N)CP(=O)(O)O. The molecule has 72 valence electrons. The minimum absolute atomic E-state index is 0.543. The fourth-order valence-electron chi connectivity index (χ4n) is 0.684. The van der Waals surface area contributed by atoms with E-state index in [9.17, 15) is 9.36 Å². The van der Waals surface area contributed by atoms with Crippen molar-refractivity contribution in [2.45, 2.75) is 19.0 Å². The zero-order chi connectivity index (χ0) is 9.94. The van der Waals surface area contributed by atoms with Gasteiger partial charge in [-0.25, -0.2) is 0 Å². The third-order valence-corrected chi connectivity index (χ3v) is 2.12. The van der Waals surface area contributed by atoms with Crippen molar-refractivity contribution in [3.63, 3.8) is 0 Å². The molecule has 0 aliphatic carbocycles. The normalized spacial score (nSPS) is 17.1. The summed E-state index contributed by atoms with van der Waals surface area (Å²) in [6, 6.07) is -1.96. The van der Waals surface area contributed by atoms with Crippen LogP contribution in [0.4, 0.5) is 0 Å². The van der Waals surface area contributed by atoms with E-state index < -0.39 is 31.6 Å². The first kappa shape index (κ1) is 11.7. The lowest BCUT2D eigenvalue weighted by molar-refractivity contribution is -0.120. The molecule has 0 amide bonds. The van der Waals surface area contributed by atoms with Gasteiger partial charge in [0.1, 0.15) is 0 Å². The molecular formula is C5H13N2O4P. The standard InChI is InChI=1S/C5H13N2O4P/c1-3(6)5(8)4(7)2-12(9,10)11/h3-4H,2,6-7H2,1H3,(H2,9,10,11). The van der Waals surface area contributed by atoms with Gasteiger partial charge in [0.05, 0.1) is 18.2 Å². The molecule has 0 spiro atoms. The van der Waals surface area contributed by atoms with Crippen LogP contribution in [0.2, 0.25) is 0 Å². The highest BCUT2D eigenvalue weighted by Gasteiger charge is 2.25. The second kappa shape index (κ2) is 4.11. The van der Waals surface area contributed by atoms with Gasteiger partial charge in [0.15, 0.2) is 5.78 Å². The summed E-state index contributed by atoms with van der Waals surface area (Å²) >= 11 is 0. The molecule has 2 atom stereocenters. The van der Waals surface area contributed by atoms with Crippen molar-refractivity contribution in [2.75, 3.05) is 6.16 Å². The lowest BCUT2D eigenvalue weighted by Gasteiger charge is -2.13. The Balaban J connectivity index is 4.14. The molecule has 0 aromatic carbocycles. The molecule has 6 nitrogen and oxygen atoms in total. The molecule has 0 aromatic rings. The Morgan fingerprint density at radius 1 is 1.50 bits per heavy atom. The van der Waals surface area contributed by atoms with Gasteiger partial charge in [-0.1, -0.05) is 0 Å². The number of carbonyl (C=O) groups excluding carboxylic acids is 1. The molecule has 0 radical (unpaired) electrons. The Kier molecular flexibility index (Phi) is 4.02. The summed E-state index contributed by atoms with van der Waals surface area (Å²) in [5.74, 6) is -0.543. The van der Waals surface area contributed by atoms with Crippen LogP contribution in [0.1, 0.15) is 6.92 Å². The summed E-state index contributed by atoms with van der Waals surface area (Å²) in [7, 11) is -4.22. The molecule has 0 fully saturated rings. The summed E-state index contributed by atoms with van der Waals surface area (Å²) in [6.45, 7) is 1.42. The topological polar surface area (TPSA) is 127 Å². The van der Waals surface area contributed by atoms with Crippen molar-refractivity contribution in [3.05, 3.63) is 0 Å². The number of hydrogen-bond acceptors (Lipinski definition) is 4. The van der Waals surface area contributed by atoms with Crippen LogP contribution >= 0.6 is 7.60 Å². The van der Waals surface area contributed by atoms with Crippen LogP contribution in [0.25, 0.3) is 0 Å². The van der Waals surface area contributed by atoms with Crippen molar-refractivity contribution < 1.29 is 19.1 Å². The van der Waals surface area contributed by atoms with E-state index in [0.717, 1.165) is 0 Å². The minimum atomic E-state index is -4.22. The van der Waals surface area contributed by atoms with Gasteiger partial charge in [-0.3, -0.25) is 9.36 Å². The fraction of sp³-hybridized carbons (Fsp3) is 0.800. The number of carbonyl (C=O) groups is 1. The Morgan fingerprint density at radius 2 is 1.92 bits per heavy atom. The van der Waals surface area contributed by atoms with Gasteiger partial charge in [-0.15, -0.1) is 0 Å². The van der Waals surface area contributed by atoms with Crippen LogP contribution in [0.3, 0.4) is 0 Å². The van der Waals surface area contributed by atoms with E-state index in [4.69, 9.17) is 21.3 Å². The lowest BCUT2D eigenvalue weighted by atomic mass is 10.1. The molecule has 0 heterocycles. The van der Waals surface area contributed by atoms with Gasteiger partial charge in [0.25, 0.3) is 0 Å². The molecular weight excluding hydrogens is 183 g/mol. The molecule has 7 heteroatoms. The summed E-state index contributed by atoms with van der Waals surface area (Å²) in [4.78, 5) is 27.8. The molecule has 0 saturated heterocycles. The summed E-state index contributed by atoms with van der Waals surface area (Å²) < 4.78 is 10.4. The quantitative estimate of drug-likeness (QED) is 0.401. The van der Waals surface area contributed by atoms with Crippen molar-refractivity contribution in [3.8, 4) is 0 Å². The molecule has 12 heavy (non-hydrogen) atoms. The van der Waals surface area contributed by atoms with E-state index in [1.807, 2.05) is 0 Å². The zero-order valence-corrected chi connectivity index (χ0v) is 7.57. The summed E-state index contributed by atoms with van der Waals surface area (Å²) in [5, 5.41) is 0. The van der Waals surface area contributed by atoms with E-state index in [-0.39, 0.29) is 0 Å². The molecule has 0 aliphatic rings. The van der Waals surface area contributed by atoms with E-state index in [1.54, 1.807) is 0 Å². The van der Waals surface area contributed by atoms with Gasteiger partial charge in [-0.05, 0) is 6.92 Å². The fourth-order valence-corrected chi connectivity index (χ4v) is 1.38. The number of nitrogens with two attached hydrogens (primary N) is 2. The van der Waals surface area contributed by atoms with E-state index in [2.05, 4.69) is 0 Å². The van der Waals surface area contributed by atoms with Gasteiger partial charge in [-0.2, -0.15) is 0 Å². The van der Waals surface area contributed by atoms with Crippen LogP contribution in [-0.4, -0.2) is 33.8 Å². The zero-order valence-electron chi connectivity index (χ0n) is 6.67. The predicted molar refractivity (Wildman–Crippen MR) is 43.5 cm³/mol. The highest BCUT2D eigenvalue weighted by molar-refractivity contribution is 7.51. The minimum Gasteiger partial charge on any atom is -0.324 e. The maximum absolute atomic E-state index is 10.9. The maximum Gasteiger partial charge on any atom is 0.327 e. The van der Waals surface area contributed by atoms with Gasteiger partial charge in [0, 0.05) is 0 Å². The Labute approximate surface area is 70.1 Å². The molecule has 0 aliphatic heterocycles. The maximum atomic E-state index is 10.9. The Bertz CT molecular complexity index is 211. The third-order valence-electron chi connectivity index (χ3n) is 1.25. The van der Waals surface area contributed by atoms with Crippen LogP contribution in [0, 0.1) is 0 Å². The van der Waals surface area contributed by atoms with Crippen molar-refractivity contribution in [1.82, 2.24) is 0 Å². The summed E-state index contributed by atoms with van der Waals surface area (Å²) in [5.41, 5.74) is 10.4. The highest BCUT2D eigenvalue weighted by Crippen LogP contribution is 2.34. The average molecular weight is 196 g/mol. The number of rotatable bonds is 4. The van der Waals surface area contributed by atoms with Gasteiger partial charge >= 0.3 is 7.60 Å². The monoisotopic (exact) mass is 196 g/mol. The first-order valence-corrected chi connectivity index (χ1v) is 5.13. The number of hydrogen-bond donors (Lipinski definition) is 4. The van der Waals surface area contributed by atoms with Crippen LogP contribution in [-0.2, 0) is 9.36 Å². The molecule has 0 bridgehead atoms.